The average Bonchev–Trinajstić information content (AvgIpc) is 3.02. The van der Waals surface area contributed by atoms with Crippen LogP contribution in [0.3, 0.4) is 0 Å². The Bertz CT molecular complexity index is 723. The number of aryl methyl sites for hydroxylation is 1. The monoisotopic (exact) mass is 359 g/mol. The van der Waals surface area contributed by atoms with E-state index in [1.165, 1.54) is 11.8 Å². The Morgan fingerprint density at radius 2 is 1.88 bits per heavy atom. The average molecular weight is 359 g/mol. The zero-order chi connectivity index (χ0) is 18.4. The van der Waals surface area contributed by atoms with Crippen molar-refractivity contribution in [2.75, 3.05) is 5.32 Å². The molecule has 0 saturated heterocycles. The number of carbonyl (C=O) groups excluding carboxylic acids is 2. The van der Waals surface area contributed by atoms with Crippen LogP contribution in [0.25, 0.3) is 0 Å². The van der Waals surface area contributed by atoms with Gasteiger partial charge in [0.05, 0.1) is 5.25 Å². The van der Waals surface area contributed by atoms with Crippen LogP contribution in [0.1, 0.15) is 44.5 Å². The number of benzene rings is 1. The standard InChI is InChI=1S/C19H25N3O2S/c1-5-11-22-12-10-20-19(22)25-14(4)17(23)15-6-8-16(9-7-15)21-18(24)13(2)3/h6-10,12-14H,5,11H2,1-4H3,(H,21,24)/t14-/m1/s1. The van der Waals surface area contributed by atoms with Crippen LogP contribution in [0.2, 0.25) is 0 Å². The zero-order valence-corrected chi connectivity index (χ0v) is 16.0. The fourth-order valence-corrected chi connectivity index (χ4v) is 3.24. The van der Waals surface area contributed by atoms with Gasteiger partial charge in [-0.2, -0.15) is 0 Å². The van der Waals surface area contributed by atoms with E-state index in [-0.39, 0.29) is 22.9 Å². The summed E-state index contributed by atoms with van der Waals surface area (Å²) in [4.78, 5) is 28.7. The van der Waals surface area contributed by atoms with Gasteiger partial charge in [0.15, 0.2) is 10.9 Å². The molecule has 0 unspecified atom stereocenters. The van der Waals surface area contributed by atoms with Crippen LogP contribution in [0.4, 0.5) is 5.69 Å². The van der Waals surface area contributed by atoms with Crippen molar-refractivity contribution in [2.45, 2.75) is 51.1 Å². The third kappa shape index (κ3) is 5.19. The highest BCUT2D eigenvalue weighted by Crippen LogP contribution is 2.25. The van der Waals surface area contributed by atoms with Gasteiger partial charge < -0.3 is 9.88 Å². The molecule has 0 aliphatic heterocycles. The number of Topliss-reactive ketones (excluding diaryl/α,β-unsaturated/α-hetero) is 1. The van der Waals surface area contributed by atoms with Gasteiger partial charge in [-0.15, -0.1) is 0 Å². The van der Waals surface area contributed by atoms with Crippen molar-refractivity contribution in [1.82, 2.24) is 9.55 Å². The summed E-state index contributed by atoms with van der Waals surface area (Å²) >= 11 is 1.47. The van der Waals surface area contributed by atoms with Crippen LogP contribution < -0.4 is 5.32 Å². The number of hydrogen-bond acceptors (Lipinski definition) is 4. The Balaban J connectivity index is 2.01. The molecule has 0 bridgehead atoms. The van der Waals surface area contributed by atoms with Crippen LogP contribution in [-0.4, -0.2) is 26.5 Å². The second kappa shape index (κ2) is 8.85. The van der Waals surface area contributed by atoms with Gasteiger partial charge in [0.25, 0.3) is 0 Å². The molecule has 0 radical (unpaired) electrons. The van der Waals surface area contributed by atoms with E-state index >= 15 is 0 Å². The van der Waals surface area contributed by atoms with Crippen molar-refractivity contribution in [3.63, 3.8) is 0 Å². The molecule has 2 aromatic rings. The Labute approximate surface area is 153 Å². The number of carbonyl (C=O) groups is 2. The first kappa shape index (κ1) is 19.2. The van der Waals surface area contributed by atoms with Gasteiger partial charge in [-0.1, -0.05) is 32.5 Å². The maximum Gasteiger partial charge on any atom is 0.226 e. The van der Waals surface area contributed by atoms with Gasteiger partial charge in [-0.25, -0.2) is 4.98 Å². The van der Waals surface area contributed by atoms with Gasteiger partial charge in [-0.3, -0.25) is 9.59 Å². The number of imidazole rings is 1. The van der Waals surface area contributed by atoms with Gasteiger partial charge in [0.2, 0.25) is 5.91 Å². The van der Waals surface area contributed by atoms with Crippen LogP contribution in [0, 0.1) is 5.92 Å². The number of aromatic nitrogens is 2. The summed E-state index contributed by atoms with van der Waals surface area (Å²) in [6.07, 6.45) is 4.73. The molecule has 1 N–H and O–H groups in total. The molecular weight excluding hydrogens is 334 g/mol. The highest BCUT2D eigenvalue weighted by atomic mass is 32.2. The quantitative estimate of drug-likeness (QED) is 0.565. The van der Waals surface area contributed by atoms with Crippen molar-refractivity contribution in [3.8, 4) is 0 Å². The molecule has 2 rings (SSSR count). The predicted octanol–water partition coefficient (Wildman–Crippen LogP) is 4.25. The minimum atomic E-state index is -0.228. The summed E-state index contributed by atoms with van der Waals surface area (Å²) in [5.41, 5.74) is 1.34. The van der Waals surface area contributed by atoms with E-state index in [1.807, 2.05) is 27.0 Å². The van der Waals surface area contributed by atoms with Crippen molar-refractivity contribution in [2.24, 2.45) is 5.92 Å². The Morgan fingerprint density at radius 3 is 2.48 bits per heavy atom. The number of hydrogen-bond donors (Lipinski definition) is 1. The molecule has 134 valence electrons. The number of thioether (sulfide) groups is 1. The lowest BCUT2D eigenvalue weighted by Gasteiger charge is -2.12. The predicted molar refractivity (Wildman–Crippen MR) is 102 cm³/mol. The summed E-state index contributed by atoms with van der Waals surface area (Å²) in [6.45, 7) is 8.59. The Kier molecular flexibility index (Phi) is 6.82. The first-order valence-corrected chi connectivity index (χ1v) is 9.43. The van der Waals surface area contributed by atoms with E-state index in [0.29, 0.717) is 11.3 Å². The minimum Gasteiger partial charge on any atom is -0.326 e. The van der Waals surface area contributed by atoms with Gasteiger partial charge in [-0.05, 0) is 37.6 Å². The number of anilines is 1. The molecule has 6 heteroatoms. The second-order valence-corrected chi connectivity index (χ2v) is 7.56. The van der Waals surface area contributed by atoms with E-state index < -0.39 is 0 Å². The molecule has 1 amide bonds. The third-order valence-electron chi connectivity index (χ3n) is 3.75. The highest BCUT2D eigenvalue weighted by molar-refractivity contribution is 8.00. The minimum absolute atomic E-state index is 0.0363. The molecule has 1 atom stereocenters. The van der Waals surface area contributed by atoms with Crippen LogP contribution >= 0.6 is 11.8 Å². The van der Waals surface area contributed by atoms with E-state index in [9.17, 15) is 9.59 Å². The second-order valence-electron chi connectivity index (χ2n) is 6.25. The molecule has 0 saturated carbocycles. The molecule has 0 aliphatic carbocycles. The smallest absolute Gasteiger partial charge is 0.226 e. The van der Waals surface area contributed by atoms with Crippen LogP contribution in [-0.2, 0) is 11.3 Å². The van der Waals surface area contributed by atoms with Gasteiger partial charge in [0, 0.05) is 36.1 Å². The SMILES string of the molecule is CCCn1ccnc1S[C@H](C)C(=O)c1ccc(NC(=O)C(C)C)cc1. The number of nitrogens with one attached hydrogen (secondary N) is 1. The summed E-state index contributed by atoms with van der Waals surface area (Å²) in [5, 5.41) is 3.46. The fourth-order valence-electron chi connectivity index (χ4n) is 2.28. The van der Waals surface area contributed by atoms with Crippen LogP contribution in [0.5, 0.6) is 0 Å². The lowest BCUT2D eigenvalue weighted by molar-refractivity contribution is -0.118. The van der Waals surface area contributed by atoms with Crippen molar-refractivity contribution in [1.29, 1.82) is 0 Å². The zero-order valence-electron chi connectivity index (χ0n) is 15.2. The maximum absolute atomic E-state index is 12.6. The fraction of sp³-hybridized carbons (Fsp3) is 0.421. The Morgan fingerprint density at radius 1 is 1.20 bits per heavy atom. The largest absolute Gasteiger partial charge is 0.326 e. The molecule has 0 fully saturated rings. The number of ketones is 1. The topological polar surface area (TPSA) is 64.0 Å². The number of amides is 1. The molecule has 0 spiro atoms. The summed E-state index contributed by atoms with van der Waals surface area (Å²) in [6, 6.07) is 7.05. The molecule has 1 aromatic heterocycles. The van der Waals surface area contributed by atoms with Crippen LogP contribution in [0.15, 0.2) is 41.8 Å². The van der Waals surface area contributed by atoms with E-state index in [4.69, 9.17) is 0 Å². The molecular formula is C19H25N3O2S. The molecule has 25 heavy (non-hydrogen) atoms. The van der Waals surface area contributed by atoms with Gasteiger partial charge in [0.1, 0.15) is 0 Å². The molecule has 0 aliphatic rings. The summed E-state index contributed by atoms with van der Waals surface area (Å²) < 4.78 is 2.07. The van der Waals surface area contributed by atoms with E-state index in [1.54, 1.807) is 30.5 Å². The van der Waals surface area contributed by atoms with Gasteiger partial charge >= 0.3 is 0 Å². The molecule has 1 aromatic carbocycles. The van der Waals surface area contributed by atoms with Crippen molar-refractivity contribution < 1.29 is 9.59 Å². The van der Waals surface area contributed by atoms with Crippen molar-refractivity contribution >= 4 is 29.1 Å². The summed E-state index contributed by atoms with van der Waals surface area (Å²) in [5.74, 6) is -0.0619. The highest BCUT2D eigenvalue weighted by Gasteiger charge is 2.19. The van der Waals surface area contributed by atoms with E-state index in [2.05, 4.69) is 21.8 Å². The number of nitrogens with zero attached hydrogens (tertiary/aromatic N) is 2. The lowest BCUT2D eigenvalue weighted by Crippen LogP contribution is -2.18. The van der Waals surface area contributed by atoms with E-state index in [0.717, 1.165) is 18.1 Å². The Hall–Kier alpha value is -2.08. The normalized spacial score (nSPS) is 12.2. The molecule has 1 heterocycles. The van der Waals surface area contributed by atoms with Crippen molar-refractivity contribution in [3.05, 3.63) is 42.2 Å². The first-order chi connectivity index (χ1) is 11.9. The first-order valence-electron chi connectivity index (χ1n) is 8.55. The number of rotatable bonds is 8. The maximum atomic E-state index is 12.6. The summed E-state index contributed by atoms with van der Waals surface area (Å²) in [7, 11) is 0. The lowest BCUT2D eigenvalue weighted by atomic mass is 10.1. The molecule has 5 nitrogen and oxygen atoms in total. The third-order valence-corrected chi connectivity index (χ3v) is 4.87.